The summed E-state index contributed by atoms with van der Waals surface area (Å²) in [6.07, 6.45) is 0.595. The Morgan fingerprint density at radius 2 is 1.92 bits per heavy atom. The molecule has 4 heteroatoms. The molecule has 0 N–H and O–H groups in total. The molecule has 0 fully saturated rings. The molecule has 0 radical (unpaired) electrons. The standard InChI is InChI=1S/C8H17IN2O/c1-5-11(4)7(9)6-8(12)10(2)3/h7H,5-6H2,1-4H3. The highest BCUT2D eigenvalue weighted by atomic mass is 127. The minimum absolute atomic E-state index is 0.190. The average molecular weight is 284 g/mol. The van der Waals surface area contributed by atoms with Crippen molar-refractivity contribution in [3.63, 3.8) is 0 Å². The Kier molecular flexibility index (Phi) is 5.82. The molecule has 0 aliphatic heterocycles. The van der Waals surface area contributed by atoms with Crippen molar-refractivity contribution in [2.24, 2.45) is 0 Å². The van der Waals surface area contributed by atoms with Gasteiger partial charge in [-0.3, -0.25) is 9.69 Å². The van der Waals surface area contributed by atoms with Gasteiger partial charge < -0.3 is 4.90 Å². The van der Waals surface area contributed by atoms with Crippen LogP contribution < -0.4 is 0 Å². The fraction of sp³-hybridized carbons (Fsp3) is 0.875. The topological polar surface area (TPSA) is 23.6 Å². The zero-order valence-electron chi connectivity index (χ0n) is 8.17. The van der Waals surface area contributed by atoms with E-state index < -0.39 is 0 Å². The second kappa shape index (κ2) is 5.75. The van der Waals surface area contributed by atoms with Gasteiger partial charge in [-0.2, -0.15) is 0 Å². The molecule has 12 heavy (non-hydrogen) atoms. The van der Waals surface area contributed by atoms with Gasteiger partial charge in [-0.25, -0.2) is 0 Å². The average Bonchev–Trinajstić information content (AvgIpc) is 2.02. The van der Waals surface area contributed by atoms with Gasteiger partial charge in [0.15, 0.2) is 0 Å². The first-order valence-electron chi connectivity index (χ1n) is 4.03. The maximum atomic E-state index is 11.3. The summed E-state index contributed by atoms with van der Waals surface area (Å²) in [4.78, 5) is 15.1. The van der Waals surface area contributed by atoms with E-state index >= 15 is 0 Å². The number of hydrogen-bond acceptors (Lipinski definition) is 2. The van der Waals surface area contributed by atoms with Crippen molar-refractivity contribution >= 4 is 28.5 Å². The third-order valence-electron chi connectivity index (χ3n) is 1.82. The molecule has 0 saturated heterocycles. The molecule has 72 valence electrons. The van der Waals surface area contributed by atoms with Crippen LogP contribution in [0.1, 0.15) is 13.3 Å². The van der Waals surface area contributed by atoms with E-state index in [4.69, 9.17) is 0 Å². The molecule has 0 aromatic rings. The van der Waals surface area contributed by atoms with E-state index in [0.29, 0.717) is 10.5 Å². The van der Waals surface area contributed by atoms with Crippen molar-refractivity contribution in [2.75, 3.05) is 27.7 Å². The van der Waals surface area contributed by atoms with Crippen LogP contribution in [0.25, 0.3) is 0 Å². The van der Waals surface area contributed by atoms with E-state index in [2.05, 4.69) is 34.4 Å². The lowest BCUT2D eigenvalue weighted by Gasteiger charge is -2.22. The lowest BCUT2D eigenvalue weighted by atomic mass is 10.3. The second-order valence-electron chi connectivity index (χ2n) is 3.00. The zero-order valence-corrected chi connectivity index (χ0v) is 10.3. The second-order valence-corrected chi connectivity index (χ2v) is 4.44. The molecular formula is C8H17IN2O. The summed E-state index contributed by atoms with van der Waals surface area (Å²) in [5.41, 5.74) is 0. The Hall–Kier alpha value is 0.160. The van der Waals surface area contributed by atoms with Crippen molar-refractivity contribution in [2.45, 2.75) is 17.4 Å². The molecule has 0 aliphatic rings. The molecule has 0 saturated carbocycles. The monoisotopic (exact) mass is 284 g/mol. The Bertz CT molecular complexity index is 150. The highest BCUT2D eigenvalue weighted by molar-refractivity contribution is 14.1. The summed E-state index contributed by atoms with van der Waals surface area (Å²) in [7, 11) is 5.61. The van der Waals surface area contributed by atoms with Crippen LogP contribution in [0.4, 0.5) is 0 Å². The number of carbonyl (C=O) groups excluding carboxylic acids is 1. The zero-order chi connectivity index (χ0) is 9.72. The third-order valence-corrected chi connectivity index (χ3v) is 3.21. The Morgan fingerprint density at radius 3 is 2.25 bits per heavy atom. The Morgan fingerprint density at radius 1 is 1.42 bits per heavy atom. The van der Waals surface area contributed by atoms with Gasteiger partial charge >= 0.3 is 0 Å². The molecule has 0 aliphatic carbocycles. The number of halogens is 1. The first-order valence-corrected chi connectivity index (χ1v) is 5.28. The van der Waals surface area contributed by atoms with E-state index in [0.717, 1.165) is 6.54 Å². The van der Waals surface area contributed by atoms with Crippen LogP contribution in [0.2, 0.25) is 0 Å². The van der Waals surface area contributed by atoms with E-state index in [1.807, 2.05) is 7.05 Å². The van der Waals surface area contributed by atoms with Crippen molar-refractivity contribution in [1.29, 1.82) is 0 Å². The SMILES string of the molecule is CCN(C)C(I)CC(=O)N(C)C. The number of amides is 1. The van der Waals surface area contributed by atoms with Crippen molar-refractivity contribution in [1.82, 2.24) is 9.80 Å². The predicted molar refractivity (Wildman–Crippen MR) is 59.4 cm³/mol. The van der Waals surface area contributed by atoms with Crippen molar-refractivity contribution in [3.8, 4) is 0 Å². The van der Waals surface area contributed by atoms with E-state index in [-0.39, 0.29) is 5.91 Å². The van der Waals surface area contributed by atoms with Gasteiger partial charge in [0.1, 0.15) is 0 Å². The van der Waals surface area contributed by atoms with Gasteiger partial charge in [-0.15, -0.1) is 0 Å². The molecular weight excluding hydrogens is 267 g/mol. The number of alkyl halides is 1. The summed E-state index contributed by atoms with van der Waals surface area (Å²) in [5.74, 6) is 0.190. The molecule has 1 amide bonds. The van der Waals surface area contributed by atoms with Crippen LogP contribution in [-0.2, 0) is 4.79 Å². The van der Waals surface area contributed by atoms with Gasteiger partial charge in [-0.05, 0) is 13.6 Å². The van der Waals surface area contributed by atoms with Crippen molar-refractivity contribution < 1.29 is 4.79 Å². The maximum Gasteiger partial charge on any atom is 0.224 e. The molecule has 3 nitrogen and oxygen atoms in total. The number of carbonyl (C=O) groups is 1. The smallest absolute Gasteiger partial charge is 0.224 e. The fourth-order valence-corrected chi connectivity index (χ4v) is 1.45. The van der Waals surface area contributed by atoms with E-state index in [1.165, 1.54) is 0 Å². The summed E-state index contributed by atoms with van der Waals surface area (Å²) >= 11 is 2.29. The highest BCUT2D eigenvalue weighted by Crippen LogP contribution is 2.10. The molecule has 0 aromatic carbocycles. The Labute approximate surface area is 88.2 Å². The molecule has 0 spiro atoms. The molecule has 0 aromatic heterocycles. The summed E-state index contributed by atoms with van der Waals surface area (Å²) in [5, 5.41) is 0. The maximum absolute atomic E-state index is 11.3. The molecule has 0 heterocycles. The first kappa shape index (κ1) is 12.2. The summed E-state index contributed by atoms with van der Waals surface area (Å²) < 4.78 is 0.308. The minimum atomic E-state index is 0.190. The van der Waals surface area contributed by atoms with Crippen LogP contribution in [0.15, 0.2) is 0 Å². The predicted octanol–water partition coefficient (Wildman–Crippen LogP) is 1.18. The van der Waals surface area contributed by atoms with Crippen LogP contribution in [0.3, 0.4) is 0 Å². The van der Waals surface area contributed by atoms with Gasteiger partial charge in [-0.1, -0.05) is 29.5 Å². The minimum Gasteiger partial charge on any atom is -0.349 e. The lowest BCUT2D eigenvalue weighted by molar-refractivity contribution is -0.129. The van der Waals surface area contributed by atoms with Crippen molar-refractivity contribution in [3.05, 3.63) is 0 Å². The third kappa shape index (κ3) is 4.25. The molecule has 0 rings (SSSR count). The number of rotatable bonds is 4. The molecule has 1 unspecified atom stereocenters. The van der Waals surface area contributed by atoms with E-state index in [9.17, 15) is 4.79 Å². The summed E-state index contributed by atoms with van der Waals surface area (Å²) in [6.45, 7) is 3.07. The Balaban J connectivity index is 3.83. The molecule has 0 bridgehead atoms. The van der Waals surface area contributed by atoms with Crippen LogP contribution >= 0.6 is 22.6 Å². The van der Waals surface area contributed by atoms with Gasteiger partial charge in [0.05, 0.1) is 10.5 Å². The van der Waals surface area contributed by atoms with Gasteiger partial charge in [0, 0.05) is 14.1 Å². The lowest BCUT2D eigenvalue weighted by Crippen LogP contribution is -2.32. The van der Waals surface area contributed by atoms with Gasteiger partial charge in [0.25, 0.3) is 0 Å². The van der Waals surface area contributed by atoms with E-state index in [1.54, 1.807) is 19.0 Å². The number of hydrogen-bond donors (Lipinski definition) is 0. The first-order chi connectivity index (χ1) is 5.49. The highest BCUT2D eigenvalue weighted by Gasteiger charge is 2.14. The van der Waals surface area contributed by atoms with Crippen LogP contribution in [-0.4, -0.2) is 47.4 Å². The molecule has 1 atom stereocenters. The number of nitrogens with zero attached hydrogens (tertiary/aromatic N) is 2. The largest absolute Gasteiger partial charge is 0.349 e. The normalized spacial score (nSPS) is 13.2. The fourth-order valence-electron chi connectivity index (χ4n) is 0.681. The summed E-state index contributed by atoms with van der Waals surface area (Å²) in [6, 6.07) is 0. The van der Waals surface area contributed by atoms with Crippen LogP contribution in [0.5, 0.6) is 0 Å². The quantitative estimate of drug-likeness (QED) is 0.440. The van der Waals surface area contributed by atoms with Gasteiger partial charge in [0.2, 0.25) is 5.91 Å². The van der Waals surface area contributed by atoms with Crippen LogP contribution in [0, 0.1) is 0 Å².